The van der Waals surface area contributed by atoms with Gasteiger partial charge in [0.05, 0.1) is 26.4 Å². The molecule has 1 fully saturated rings. The molecule has 0 aliphatic carbocycles. The molecule has 5 rings (SSSR count). The van der Waals surface area contributed by atoms with Crippen LogP contribution in [0.5, 0.6) is 11.5 Å². The standard InChI is InChI=1S/C27H28N4O5/c1-35-21-9-10-24(36-2)22(16-21)19-5-7-20(8-6-19)25(32)29-14-11-27(34,12-15-29)17-30-18-28-31-13-3-4-23(31)26(30)33/h3-10,13,16,18,34H,11-12,14-15,17H2,1-2H3. The minimum absolute atomic E-state index is 0.0883. The second kappa shape index (κ2) is 9.50. The second-order valence-electron chi connectivity index (χ2n) is 9.06. The molecule has 0 bridgehead atoms. The Hall–Kier alpha value is -4.11. The fourth-order valence-electron chi connectivity index (χ4n) is 4.69. The van der Waals surface area contributed by atoms with Crippen molar-refractivity contribution in [2.24, 2.45) is 0 Å². The summed E-state index contributed by atoms with van der Waals surface area (Å²) in [6, 6.07) is 16.4. The smallest absolute Gasteiger partial charge is 0.277 e. The van der Waals surface area contributed by atoms with Gasteiger partial charge in [0.2, 0.25) is 0 Å². The first-order valence-corrected chi connectivity index (χ1v) is 11.8. The van der Waals surface area contributed by atoms with Crippen LogP contribution in [0.2, 0.25) is 0 Å². The van der Waals surface area contributed by atoms with E-state index in [1.807, 2.05) is 30.3 Å². The molecule has 2 aromatic heterocycles. The van der Waals surface area contributed by atoms with Crippen LogP contribution >= 0.6 is 0 Å². The molecule has 186 valence electrons. The van der Waals surface area contributed by atoms with Gasteiger partial charge in [0.15, 0.2) is 0 Å². The van der Waals surface area contributed by atoms with Gasteiger partial charge in [-0.1, -0.05) is 12.1 Å². The van der Waals surface area contributed by atoms with Crippen molar-refractivity contribution in [3.63, 3.8) is 0 Å². The zero-order valence-electron chi connectivity index (χ0n) is 20.3. The van der Waals surface area contributed by atoms with Crippen LogP contribution in [0.1, 0.15) is 23.2 Å². The number of ether oxygens (including phenoxy) is 2. The quantitative estimate of drug-likeness (QED) is 0.448. The summed E-state index contributed by atoms with van der Waals surface area (Å²) in [6.07, 6.45) is 3.90. The van der Waals surface area contributed by atoms with Crippen molar-refractivity contribution < 1.29 is 19.4 Å². The number of rotatable bonds is 6. The van der Waals surface area contributed by atoms with E-state index in [1.165, 1.54) is 15.4 Å². The third-order valence-electron chi connectivity index (χ3n) is 6.82. The first kappa shape index (κ1) is 23.6. The molecule has 9 heteroatoms. The number of methoxy groups -OCH3 is 2. The van der Waals surface area contributed by atoms with E-state index in [0.29, 0.717) is 37.0 Å². The van der Waals surface area contributed by atoms with Gasteiger partial charge in [0, 0.05) is 30.4 Å². The van der Waals surface area contributed by atoms with Gasteiger partial charge >= 0.3 is 0 Å². The van der Waals surface area contributed by atoms with Gasteiger partial charge < -0.3 is 19.5 Å². The Bertz CT molecular complexity index is 1450. The number of aliphatic hydroxyl groups is 1. The van der Waals surface area contributed by atoms with E-state index >= 15 is 0 Å². The van der Waals surface area contributed by atoms with Crippen molar-refractivity contribution in [1.29, 1.82) is 0 Å². The Morgan fingerprint density at radius 1 is 1.06 bits per heavy atom. The van der Waals surface area contributed by atoms with Crippen LogP contribution in [-0.2, 0) is 6.54 Å². The van der Waals surface area contributed by atoms with Crippen molar-refractivity contribution in [3.05, 3.63) is 83.0 Å². The molecular weight excluding hydrogens is 460 g/mol. The summed E-state index contributed by atoms with van der Waals surface area (Å²) in [5.41, 5.74) is 1.54. The van der Waals surface area contributed by atoms with Gasteiger partial charge in [-0.3, -0.25) is 14.2 Å². The minimum Gasteiger partial charge on any atom is -0.497 e. The normalized spacial score (nSPS) is 15.1. The Morgan fingerprint density at radius 3 is 2.50 bits per heavy atom. The van der Waals surface area contributed by atoms with Crippen LogP contribution in [0, 0.1) is 0 Å². The molecule has 0 spiro atoms. The zero-order chi connectivity index (χ0) is 25.3. The highest BCUT2D eigenvalue weighted by atomic mass is 16.5. The van der Waals surface area contributed by atoms with Gasteiger partial charge in [-0.05, 0) is 60.9 Å². The minimum atomic E-state index is -1.08. The van der Waals surface area contributed by atoms with Crippen LogP contribution in [-0.4, -0.2) is 63.0 Å². The fraction of sp³-hybridized carbons (Fsp3) is 0.296. The third-order valence-corrected chi connectivity index (χ3v) is 6.82. The average Bonchev–Trinajstić information content (AvgIpc) is 3.40. The van der Waals surface area contributed by atoms with Crippen LogP contribution < -0.4 is 15.0 Å². The summed E-state index contributed by atoms with van der Waals surface area (Å²) >= 11 is 0. The van der Waals surface area contributed by atoms with E-state index in [1.54, 1.807) is 49.6 Å². The molecule has 2 aromatic carbocycles. The maximum atomic E-state index is 13.1. The second-order valence-corrected chi connectivity index (χ2v) is 9.06. The summed E-state index contributed by atoms with van der Waals surface area (Å²) in [5, 5.41) is 15.4. The number of carbonyl (C=O) groups excluding carboxylic acids is 1. The largest absolute Gasteiger partial charge is 0.497 e. The molecule has 0 saturated carbocycles. The monoisotopic (exact) mass is 488 g/mol. The number of hydrogen-bond acceptors (Lipinski definition) is 6. The maximum absolute atomic E-state index is 13.1. The molecule has 4 aromatic rings. The van der Waals surface area contributed by atoms with Gasteiger partial charge in [-0.25, -0.2) is 4.52 Å². The highest BCUT2D eigenvalue weighted by Gasteiger charge is 2.35. The maximum Gasteiger partial charge on any atom is 0.277 e. The van der Waals surface area contributed by atoms with Gasteiger partial charge in [-0.15, -0.1) is 0 Å². The van der Waals surface area contributed by atoms with E-state index in [-0.39, 0.29) is 18.0 Å². The number of hydrogen-bond donors (Lipinski definition) is 1. The summed E-state index contributed by atoms with van der Waals surface area (Å²) in [4.78, 5) is 27.6. The van der Waals surface area contributed by atoms with E-state index in [0.717, 1.165) is 22.6 Å². The first-order chi connectivity index (χ1) is 17.4. The van der Waals surface area contributed by atoms with Crippen molar-refractivity contribution >= 4 is 11.4 Å². The topological polar surface area (TPSA) is 98.3 Å². The Labute approximate surface area is 208 Å². The van der Waals surface area contributed by atoms with Crippen LogP contribution in [0.25, 0.3) is 16.6 Å². The van der Waals surface area contributed by atoms with Gasteiger partial charge in [0.1, 0.15) is 23.3 Å². The Balaban J connectivity index is 1.26. The van der Waals surface area contributed by atoms with E-state index < -0.39 is 5.60 Å². The van der Waals surface area contributed by atoms with Crippen molar-refractivity contribution in [2.75, 3.05) is 27.3 Å². The molecule has 0 unspecified atom stereocenters. The number of amides is 1. The predicted molar refractivity (Wildman–Crippen MR) is 135 cm³/mol. The molecule has 9 nitrogen and oxygen atoms in total. The lowest BCUT2D eigenvalue weighted by atomic mass is 9.90. The van der Waals surface area contributed by atoms with Crippen molar-refractivity contribution in [1.82, 2.24) is 19.1 Å². The molecule has 3 heterocycles. The lowest BCUT2D eigenvalue weighted by Gasteiger charge is -2.38. The SMILES string of the molecule is COc1ccc(OC)c(-c2ccc(C(=O)N3CCC(O)(Cn4cnn5cccc5c4=O)CC3)cc2)c1. The van der Waals surface area contributed by atoms with Crippen LogP contribution in [0.4, 0.5) is 0 Å². The number of likely N-dealkylation sites (tertiary alicyclic amines) is 1. The molecule has 1 aliphatic heterocycles. The summed E-state index contributed by atoms with van der Waals surface area (Å²) in [5.74, 6) is 1.35. The van der Waals surface area contributed by atoms with Crippen molar-refractivity contribution in [3.8, 4) is 22.6 Å². The van der Waals surface area contributed by atoms with Gasteiger partial charge in [0.25, 0.3) is 11.5 Å². The highest BCUT2D eigenvalue weighted by Crippen LogP contribution is 2.34. The predicted octanol–water partition coefficient (Wildman–Crippen LogP) is 2.85. The summed E-state index contributed by atoms with van der Waals surface area (Å²) < 4.78 is 13.8. The van der Waals surface area contributed by atoms with Crippen molar-refractivity contribution in [2.45, 2.75) is 25.0 Å². The van der Waals surface area contributed by atoms with E-state index in [2.05, 4.69) is 5.10 Å². The Kier molecular flexibility index (Phi) is 6.24. The summed E-state index contributed by atoms with van der Waals surface area (Å²) in [7, 11) is 3.23. The molecule has 0 radical (unpaired) electrons. The Morgan fingerprint density at radius 2 is 1.81 bits per heavy atom. The summed E-state index contributed by atoms with van der Waals surface area (Å²) in [6.45, 7) is 0.937. The van der Waals surface area contributed by atoms with E-state index in [9.17, 15) is 14.7 Å². The molecular formula is C27H28N4O5. The molecule has 1 amide bonds. The van der Waals surface area contributed by atoms with Gasteiger partial charge in [-0.2, -0.15) is 5.10 Å². The first-order valence-electron chi connectivity index (χ1n) is 11.8. The number of aromatic nitrogens is 3. The highest BCUT2D eigenvalue weighted by molar-refractivity contribution is 5.95. The molecule has 1 N–H and O–H groups in total. The van der Waals surface area contributed by atoms with Crippen LogP contribution in [0.3, 0.4) is 0 Å². The lowest BCUT2D eigenvalue weighted by molar-refractivity contribution is -0.0300. The average molecular weight is 489 g/mol. The lowest BCUT2D eigenvalue weighted by Crippen LogP contribution is -2.49. The molecule has 1 aliphatic rings. The number of nitrogens with zero attached hydrogens (tertiary/aromatic N) is 4. The molecule has 1 saturated heterocycles. The molecule has 36 heavy (non-hydrogen) atoms. The third kappa shape index (κ3) is 4.45. The number of piperidine rings is 1. The molecule has 0 atom stereocenters. The van der Waals surface area contributed by atoms with Crippen LogP contribution in [0.15, 0.2) is 71.9 Å². The number of carbonyl (C=O) groups is 1. The van der Waals surface area contributed by atoms with E-state index in [4.69, 9.17) is 9.47 Å². The zero-order valence-corrected chi connectivity index (χ0v) is 20.3. The number of fused-ring (bicyclic) bond motifs is 1. The fourth-order valence-corrected chi connectivity index (χ4v) is 4.69. The number of benzene rings is 2.